The fraction of sp³-hybridized carbons (Fsp3) is 0.273. The third-order valence-electron chi connectivity index (χ3n) is 2.43. The molecule has 4 nitrogen and oxygen atoms in total. The van der Waals surface area contributed by atoms with Gasteiger partial charge in [0.15, 0.2) is 5.11 Å². The number of thiocarbonyl (C=S) groups is 1. The van der Waals surface area contributed by atoms with Crippen molar-refractivity contribution in [1.29, 1.82) is 0 Å². The van der Waals surface area contributed by atoms with Crippen LogP contribution in [0.1, 0.15) is 6.92 Å². The van der Waals surface area contributed by atoms with E-state index in [-0.39, 0.29) is 0 Å². The quantitative estimate of drug-likeness (QED) is 0.780. The predicted octanol–water partition coefficient (Wildman–Crippen LogP) is 1.97. The Balaban J connectivity index is 2.34. The molecule has 16 heavy (non-hydrogen) atoms. The molecular formula is C11H14N4S. The molecule has 1 heterocycles. The number of aryl methyl sites for hydroxylation is 1. The highest BCUT2D eigenvalue weighted by Crippen LogP contribution is 2.18. The smallest absolute Gasteiger partial charge is 0.170 e. The van der Waals surface area contributed by atoms with Crippen LogP contribution in [-0.4, -0.2) is 21.9 Å². The zero-order valence-electron chi connectivity index (χ0n) is 9.32. The molecule has 1 aromatic heterocycles. The van der Waals surface area contributed by atoms with Gasteiger partial charge in [0.25, 0.3) is 0 Å². The average molecular weight is 234 g/mol. The number of nitrogens with one attached hydrogen (secondary N) is 2. The van der Waals surface area contributed by atoms with E-state index in [4.69, 9.17) is 12.2 Å². The number of hydrogen-bond donors (Lipinski definition) is 2. The lowest BCUT2D eigenvalue weighted by molar-refractivity contribution is 0.684. The normalized spacial score (nSPS) is 10.4. The van der Waals surface area contributed by atoms with Gasteiger partial charge in [-0.1, -0.05) is 0 Å². The molecule has 0 spiro atoms. The molecule has 2 N–H and O–H groups in total. The first-order chi connectivity index (χ1) is 7.74. The Labute approximate surface area is 99.6 Å². The van der Waals surface area contributed by atoms with Crippen LogP contribution in [0.4, 0.5) is 5.69 Å². The minimum Gasteiger partial charge on any atom is -0.366 e. The third-order valence-corrected chi connectivity index (χ3v) is 2.73. The minimum absolute atomic E-state index is 0.613. The fourth-order valence-electron chi connectivity index (χ4n) is 1.61. The van der Waals surface area contributed by atoms with E-state index < -0.39 is 0 Å². The first-order valence-electron chi connectivity index (χ1n) is 5.19. The molecule has 0 fully saturated rings. The highest BCUT2D eigenvalue weighted by molar-refractivity contribution is 7.80. The van der Waals surface area contributed by atoms with Gasteiger partial charge in [0.05, 0.1) is 11.7 Å². The van der Waals surface area contributed by atoms with Crippen LogP contribution >= 0.6 is 12.2 Å². The van der Waals surface area contributed by atoms with E-state index in [2.05, 4.69) is 22.7 Å². The van der Waals surface area contributed by atoms with Crippen molar-refractivity contribution in [2.45, 2.75) is 13.5 Å². The number of aromatic nitrogens is 2. The van der Waals surface area contributed by atoms with Gasteiger partial charge >= 0.3 is 0 Å². The number of rotatable bonds is 2. The van der Waals surface area contributed by atoms with Gasteiger partial charge in [-0.2, -0.15) is 5.10 Å². The second-order valence-corrected chi connectivity index (χ2v) is 3.85. The van der Waals surface area contributed by atoms with Crippen molar-refractivity contribution in [2.75, 3.05) is 12.4 Å². The summed E-state index contributed by atoms with van der Waals surface area (Å²) in [6.07, 6.45) is 1.87. The molecule has 0 bridgehead atoms. The fourth-order valence-corrected chi connectivity index (χ4v) is 1.73. The van der Waals surface area contributed by atoms with E-state index in [0.717, 1.165) is 23.1 Å². The molecule has 1 aromatic carbocycles. The van der Waals surface area contributed by atoms with E-state index in [1.54, 1.807) is 7.05 Å². The maximum absolute atomic E-state index is 5.04. The highest BCUT2D eigenvalue weighted by atomic mass is 32.1. The number of fused-ring (bicyclic) bond motifs is 1. The zero-order chi connectivity index (χ0) is 11.5. The molecule has 0 aliphatic rings. The maximum atomic E-state index is 5.04. The molecule has 0 atom stereocenters. The van der Waals surface area contributed by atoms with Crippen LogP contribution in [0.3, 0.4) is 0 Å². The molecule has 0 aliphatic carbocycles. The van der Waals surface area contributed by atoms with Crippen LogP contribution in [0, 0.1) is 0 Å². The van der Waals surface area contributed by atoms with Crippen molar-refractivity contribution < 1.29 is 0 Å². The summed E-state index contributed by atoms with van der Waals surface area (Å²) in [5.74, 6) is 0. The molecule has 2 aromatic rings. The summed E-state index contributed by atoms with van der Waals surface area (Å²) in [6, 6.07) is 6.09. The minimum atomic E-state index is 0.613. The Morgan fingerprint density at radius 3 is 3.00 bits per heavy atom. The molecular weight excluding hydrogens is 220 g/mol. The Morgan fingerprint density at radius 2 is 2.31 bits per heavy atom. The summed E-state index contributed by atoms with van der Waals surface area (Å²) in [7, 11) is 1.79. The van der Waals surface area contributed by atoms with Gasteiger partial charge in [0.2, 0.25) is 0 Å². The Morgan fingerprint density at radius 1 is 1.50 bits per heavy atom. The summed E-state index contributed by atoms with van der Waals surface area (Å²) >= 11 is 5.04. The van der Waals surface area contributed by atoms with Crippen LogP contribution in [0.15, 0.2) is 24.4 Å². The van der Waals surface area contributed by atoms with Crippen molar-refractivity contribution in [2.24, 2.45) is 0 Å². The first-order valence-corrected chi connectivity index (χ1v) is 5.59. The number of benzene rings is 1. The lowest BCUT2D eigenvalue weighted by Gasteiger charge is -2.07. The van der Waals surface area contributed by atoms with Crippen LogP contribution in [-0.2, 0) is 6.54 Å². The number of anilines is 1. The molecule has 0 radical (unpaired) electrons. The summed E-state index contributed by atoms with van der Waals surface area (Å²) in [5.41, 5.74) is 2.12. The zero-order valence-corrected chi connectivity index (χ0v) is 10.1. The molecule has 0 saturated carbocycles. The molecule has 0 aliphatic heterocycles. The van der Waals surface area contributed by atoms with Crippen LogP contribution in [0.5, 0.6) is 0 Å². The average Bonchev–Trinajstić information content (AvgIpc) is 2.71. The standard InChI is InChI=1S/C11H14N4S/c1-3-15-10-5-4-9(14-11(16)12-2)6-8(10)7-13-15/h4-7H,3H2,1-2H3,(H2,12,14,16). The molecule has 0 amide bonds. The summed E-state index contributed by atoms with van der Waals surface area (Å²) in [6.45, 7) is 2.96. The second kappa shape index (κ2) is 4.49. The summed E-state index contributed by atoms with van der Waals surface area (Å²) in [4.78, 5) is 0. The van der Waals surface area contributed by atoms with Gasteiger partial charge in [0.1, 0.15) is 0 Å². The van der Waals surface area contributed by atoms with Gasteiger partial charge < -0.3 is 10.6 Å². The van der Waals surface area contributed by atoms with E-state index in [9.17, 15) is 0 Å². The molecule has 0 saturated heterocycles. The molecule has 2 rings (SSSR count). The largest absolute Gasteiger partial charge is 0.366 e. The van der Waals surface area contributed by atoms with E-state index in [1.165, 1.54) is 0 Å². The first kappa shape index (κ1) is 10.9. The molecule has 84 valence electrons. The van der Waals surface area contributed by atoms with Gasteiger partial charge in [0, 0.05) is 24.7 Å². The topological polar surface area (TPSA) is 41.9 Å². The van der Waals surface area contributed by atoms with Crippen LogP contribution in [0.2, 0.25) is 0 Å². The van der Waals surface area contributed by atoms with E-state index in [1.807, 2.05) is 29.1 Å². The van der Waals surface area contributed by atoms with Crippen molar-refractivity contribution in [3.63, 3.8) is 0 Å². The van der Waals surface area contributed by atoms with Crippen molar-refractivity contribution in [1.82, 2.24) is 15.1 Å². The van der Waals surface area contributed by atoms with Crippen molar-refractivity contribution in [3.05, 3.63) is 24.4 Å². The number of nitrogens with zero attached hydrogens (tertiary/aromatic N) is 2. The highest BCUT2D eigenvalue weighted by Gasteiger charge is 2.02. The van der Waals surface area contributed by atoms with Gasteiger partial charge in [-0.05, 0) is 37.3 Å². The third kappa shape index (κ3) is 1.99. The lowest BCUT2D eigenvalue weighted by Crippen LogP contribution is -2.23. The Hall–Kier alpha value is -1.62. The van der Waals surface area contributed by atoms with Gasteiger partial charge in [-0.3, -0.25) is 4.68 Å². The van der Waals surface area contributed by atoms with Crippen molar-refractivity contribution in [3.8, 4) is 0 Å². The van der Waals surface area contributed by atoms with Gasteiger partial charge in [-0.25, -0.2) is 0 Å². The lowest BCUT2D eigenvalue weighted by atomic mass is 10.2. The van der Waals surface area contributed by atoms with Gasteiger partial charge in [-0.15, -0.1) is 0 Å². The molecule has 0 unspecified atom stereocenters. The predicted molar refractivity (Wildman–Crippen MR) is 70.7 cm³/mol. The summed E-state index contributed by atoms with van der Waals surface area (Å²) < 4.78 is 1.97. The number of hydrogen-bond acceptors (Lipinski definition) is 2. The SMILES string of the molecule is CCn1ncc2cc(NC(=S)NC)ccc21. The van der Waals surface area contributed by atoms with Crippen molar-refractivity contribution >= 4 is 33.9 Å². The van der Waals surface area contributed by atoms with Crippen LogP contribution in [0.25, 0.3) is 10.9 Å². The molecule has 5 heteroatoms. The maximum Gasteiger partial charge on any atom is 0.170 e. The van der Waals surface area contributed by atoms with E-state index in [0.29, 0.717) is 5.11 Å². The monoisotopic (exact) mass is 234 g/mol. The van der Waals surface area contributed by atoms with Crippen LogP contribution < -0.4 is 10.6 Å². The Kier molecular flexibility index (Phi) is 3.05. The Bertz CT molecular complexity index is 518. The van der Waals surface area contributed by atoms with E-state index >= 15 is 0 Å². The summed E-state index contributed by atoms with van der Waals surface area (Å²) in [5, 5.41) is 12.0. The second-order valence-electron chi connectivity index (χ2n) is 3.44.